The third-order valence-electron chi connectivity index (χ3n) is 2.50. The molecular weight excluding hydrogens is 350 g/mol. The predicted octanol–water partition coefficient (Wildman–Crippen LogP) is 3.72. The fourth-order valence-electron chi connectivity index (χ4n) is 1.56. The van der Waals surface area contributed by atoms with Gasteiger partial charge >= 0.3 is 0 Å². The molecule has 1 aromatic carbocycles. The van der Waals surface area contributed by atoms with Gasteiger partial charge < -0.3 is 0 Å². The van der Waals surface area contributed by atoms with Crippen molar-refractivity contribution >= 4 is 49.4 Å². The average molecular weight is 358 g/mol. The molecule has 0 aliphatic heterocycles. The van der Waals surface area contributed by atoms with Crippen LogP contribution >= 0.6 is 34.3 Å². The minimum Gasteiger partial charge on any atom is -0.252 e. The molecule has 0 fully saturated rings. The number of rotatable bonds is 4. The highest BCUT2D eigenvalue weighted by Gasteiger charge is 2.18. The van der Waals surface area contributed by atoms with Crippen LogP contribution in [0, 0.1) is 0 Å². The Morgan fingerprint density at radius 2 is 1.86 bits per heavy atom. The van der Waals surface area contributed by atoms with Gasteiger partial charge in [0, 0.05) is 10.6 Å². The maximum atomic E-state index is 12.1. The molecule has 3 aromatic rings. The molecule has 5 nitrogen and oxygen atoms in total. The van der Waals surface area contributed by atoms with E-state index in [0.717, 1.165) is 16.9 Å². The lowest BCUT2D eigenvalue weighted by Gasteiger charge is -2.00. The Hall–Kier alpha value is -1.48. The van der Waals surface area contributed by atoms with Gasteiger partial charge in [0.25, 0.3) is 10.0 Å². The number of anilines is 1. The van der Waals surface area contributed by atoms with E-state index in [1.807, 2.05) is 0 Å². The van der Waals surface area contributed by atoms with E-state index >= 15 is 0 Å². The Balaban J connectivity index is 1.84. The third kappa shape index (κ3) is 3.24. The second-order valence-electron chi connectivity index (χ2n) is 3.96. The molecular formula is C12H8ClN3O2S3. The maximum Gasteiger partial charge on any atom is 0.273 e. The summed E-state index contributed by atoms with van der Waals surface area (Å²) in [4.78, 5) is 0. The van der Waals surface area contributed by atoms with Gasteiger partial charge in [-0.25, -0.2) is 8.42 Å². The number of hydrogen-bond acceptors (Lipinski definition) is 6. The SMILES string of the molecule is O=S(=O)(Nc1nnc(-c2ccc(Cl)cc2)s1)c1cccs1. The summed E-state index contributed by atoms with van der Waals surface area (Å²) in [6.45, 7) is 0. The molecule has 0 bridgehead atoms. The molecule has 2 aromatic heterocycles. The monoisotopic (exact) mass is 357 g/mol. The van der Waals surface area contributed by atoms with Crippen molar-refractivity contribution in [2.75, 3.05) is 4.72 Å². The van der Waals surface area contributed by atoms with Crippen LogP contribution in [0.1, 0.15) is 0 Å². The fraction of sp³-hybridized carbons (Fsp3) is 0. The van der Waals surface area contributed by atoms with Crippen molar-refractivity contribution in [3.8, 4) is 10.6 Å². The number of thiophene rings is 1. The van der Waals surface area contributed by atoms with Crippen molar-refractivity contribution in [1.82, 2.24) is 10.2 Å². The van der Waals surface area contributed by atoms with Crippen LogP contribution in [0.5, 0.6) is 0 Å². The first-order valence-corrected chi connectivity index (χ1v) is 9.26. The van der Waals surface area contributed by atoms with Crippen LogP contribution in [-0.2, 0) is 10.0 Å². The summed E-state index contributed by atoms with van der Waals surface area (Å²) in [5.41, 5.74) is 0.832. The quantitative estimate of drug-likeness (QED) is 0.772. The smallest absolute Gasteiger partial charge is 0.252 e. The predicted molar refractivity (Wildman–Crippen MR) is 85.5 cm³/mol. The van der Waals surface area contributed by atoms with Gasteiger partial charge in [-0.05, 0) is 23.6 Å². The average Bonchev–Trinajstić information content (AvgIpc) is 3.10. The number of halogens is 1. The summed E-state index contributed by atoms with van der Waals surface area (Å²) in [5, 5.41) is 11.0. The minimum absolute atomic E-state index is 0.230. The highest BCUT2D eigenvalue weighted by Crippen LogP contribution is 2.29. The van der Waals surface area contributed by atoms with Crippen molar-refractivity contribution in [2.24, 2.45) is 0 Å². The van der Waals surface area contributed by atoms with Gasteiger partial charge in [-0.3, -0.25) is 4.72 Å². The van der Waals surface area contributed by atoms with Crippen LogP contribution in [-0.4, -0.2) is 18.6 Å². The molecule has 0 saturated carbocycles. The standard InChI is InChI=1S/C12H8ClN3O2S3/c13-9-5-3-8(4-6-9)11-14-15-12(20-11)16-21(17,18)10-2-1-7-19-10/h1-7H,(H,15,16). The fourth-order valence-corrected chi connectivity index (χ4v) is 4.65. The molecule has 0 atom stereocenters. The van der Waals surface area contributed by atoms with Crippen LogP contribution in [0.15, 0.2) is 46.0 Å². The van der Waals surface area contributed by atoms with E-state index in [4.69, 9.17) is 11.6 Å². The summed E-state index contributed by atoms with van der Waals surface area (Å²) in [5.74, 6) is 0. The molecule has 3 rings (SSSR count). The Morgan fingerprint density at radius 1 is 1.10 bits per heavy atom. The van der Waals surface area contributed by atoms with Gasteiger partial charge in [-0.1, -0.05) is 41.1 Å². The van der Waals surface area contributed by atoms with E-state index in [1.165, 1.54) is 17.4 Å². The Bertz CT molecular complexity index is 842. The first-order valence-electron chi connectivity index (χ1n) is 5.70. The number of sulfonamides is 1. The largest absolute Gasteiger partial charge is 0.273 e. The van der Waals surface area contributed by atoms with Crippen LogP contribution in [0.3, 0.4) is 0 Å². The highest BCUT2D eigenvalue weighted by molar-refractivity contribution is 7.94. The van der Waals surface area contributed by atoms with Crippen LogP contribution < -0.4 is 4.72 Å². The molecule has 108 valence electrons. The molecule has 21 heavy (non-hydrogen) atoms. The number of aromatic nitrogens is 2. The van der Waals surface area contributed by atoms with E-state index in [2.05, 4.69) is 14.9 Å². The number of benzene rings is 1. The van der Waals surface area contributed by atoms with Gasteiger partial charge in [0.05, 0.1) is 0 Å². The zero-order valence-corrected chi connectivity index (χ0v) is 13.6. The van der Waals surface area contributed by atoms with Gasteiger partial charge in [-0.15, -0.1) is 21.5 Å². The van der Waals surface area contributed by atoms with Crippen molar-refractivity contribution in [3.05, 3.63) is 46.8 Å². The van der Waals surface area contributed by atoms with Crippen molar-refractivity contribution < 1.29 is 8.42 Å². The maximum absolute atomic E-state index is 12.1. The van der Waals surface area contributed by atoms with Gasteiger partial charge in [0.1, 0.15) is 9.22 Å². The van der Waals surface area contributed by atoms with Crippen molar-refractivity contribution in [3.63, 3.8) is 0 Å². The first-order chi connectivity index (χ1) is 10.0. The zero-order chi connectivity index (χ0) is 14.9. The number of nitrogens with zero attached hydrogens (tertiary/aromatic N) is 2. The molecule has 0 saturated heterocycles. The topological polar surface area (TPSA) is 72.0 Å². The van der Waals surface area contributed by atoms with E-state index in [0.29, 0.717) is 10.0 Å². The lowest BCUT2D eigenvalue weighted by Crippen LogP contribution is -2.11. The lowest BCUT2D eigenvalue weighted by molar-refractivity contribution is 0.603. The molecule has 0 aliphatic rings. The van der Waals surface area contributed by atoms with Crippen LogP contribution in [0.4, 0.5) is 5.13 Å². The highest BCUT2D eigenvalue weighted by atomic mass is 35.5. The lowest BCUT2D eigenvalue weighted by atomic mass is 10.2. The second-order valence-corrected chi connectivity index (χ2v) is 8.23. The van der Waals surface area contributed by atoms with E-state index in [1.54, 1.807) is 35.7 Å². The molecule has 1 N–H and O–H groups in total. The first kappa shape index (κ1) is 14.5. The Kier molecular flexibility index (Phi) is 3.94. The van der Waals surface area contributed by atoms with E-state index in [-0.39, 0.29) is 9.34 Å². The normalized spacial score (nSPS) is 11.5. The number of nitrogens with one attached hydrogen (secondary N) is 1. The van der Waals surface area contributed by atoms with Gasteiger partial charge in [0.2, 0.25) is 5.13 Å². The molecule has 0 radical (unpaired) electrons. The molecule has 0 aliphatic carbocycles. The number of hydrogen-bond donors (Lipinski definition) is 1. The molecule has 0 spiro atoms. The third-order valence-corrected chi connectivity index (χ3v) is 6.50. The van der Waals surface area contributed by atoms with E-state index < -0.39 is 10.0 Å². The van der Waals surface area contributed by atoms with Crippen LogP contribution in [0.25, 0.3) is 10.6 Å². The summed E-state index contributed by atoms with van der Waals surface area (Å²) in [6.07, 6.45) is 0. The van der Waals surface area contributed by atoms with Crippen LogP contribution in [0.2, 0.25) is 5.02 Å². The Labute approximate surface area is 134 Å². The molecule has 0 amide bonds. The van der Waals surface area contributed by atoms with Gasteiger partial charge in [-0.2, -0.15) is 0 Å². The van der Waals surface area contributed by atoms with E-state index in [9.17, 15) is 8.42 Å². The summed E-state index contributed by atoms with van der Waals surface area (Å²) >= 11 is 8.14. The molecule has 9 heteroatoms. The minimum atomic E-state index is -3.59. The van der Waals surface area contributed by atoms with Gasteiger partial charge in [0.15, 0.2) is 0 Å². The molecule has 0 unspecified atom stereocenters. The summed E-state index contributed by atoms with van der Waals surface area (Å²) in [7, 11) is -3.59. The Morgan fingerprint density at radius 3 is 2.52 bits per heavy atom. The summed E-state index contributed by atoms with van der Waals surface area (Å²) in [6, 6.07) is 10.3. The van der Waals surface area contributed by atoms with Crippen molar-refractivity contribution in [1.29, 1.82) is 0 Å². The summed E-state index contributed by atoms with van der Waals surface area (Å²) < 4.78 is 26.8. The second kappa shape index (κ2) is 5.72. The van der Waals surface area contributed by atoms with Crippen molar-refractivity contribution in [2.45, 2.75) is 4.21 Å². The zero-order valence-electron chi connectivity index (χ0n) is 10.4. The molecule has 2 heterocycles.